The summed E-state index contributed by atoms with van der Waals surface area (Å²) in [6.45, 7) is 5.90. The van der Waals surface area contributed by atoms with Gasteiger partial charge in [-0.1, -0.05) is 0 Å². The van der Waals surface area contributed by atoms with Crippen LogP contribution < -0.4 is 0 Å². The Hall–Kier alpha value is -0.620. The van der Waals surface area contributed by atoms with E-state index in [1.165, 1.54) is 0 Å². The Labute approximate surface area is 111 Å². The van der Waals surface area contributed by atoms with E-state index in [0.717, 1.165) is 25.9 Å². The number of hydrogen-bond acceptors (Lipinski definition) is 3. The predicted octanol–water partition coefficient (Wildman–Crippen LogP) is 2.38. The zero-order valence-corrected chi connectivity index (χ0v) is 11.4. The summed E-state index contributed by atoms with van der Waals surface area (Å²) in [4.78, 5) is 13.0. The Balaban J connectivity index is 2.32. The maximum atomic E-state index is 12.0. The van der Waals surface area contributed by atoms with Crippen LogP contribution in [-0.4, -0.2) is 47.2 Å². The molecule has 1 N–H and O–H groups in total. The summed E-state index contributed by atoms with van der Waals surface area (Å²) in [6, 6.07) is 0.449. The van der Waals surface area contributed by atoms with Gasteiger partial charge in [-0.05, 0) is 52.1 Å². The molecule has 1 saturated heterocycles. The number of likely N-dealkylation sites (tertiary alicyclic amines) is 1. The topological polar surface area (TPSA) is 40.5 Å². The highest BCUT2D eigenvalue weighted by Gasteiger charge is 2.38. The average molecular weight is 281 g/mol. The molecule has 1 heterocycles. The molecule has 1 fully saturated rings. The summed E-state index contributed by atoms with van der Waals surface area (Å²) >= 11 is 0. The van der Waals surface area contributed by atoms with E-state index in [4.69, 9.17) is 0 Å². The average Bonchev–Trinajstić information content (AvgIpc) is 2.34. The van der Waals surface area contributed by atoms with Gasteiger partial charge in [0.25, 0.3) is 0 Å². The molecule has 0 amide bonds. The molecule has 1 aliphatic heterocycles. The number of Topliss-reactive ketones (excluding diaryl/α,β-unsaturated/α-hetero) is 1. The molecule has 3 nitrogen and oxygen atoms in total. The summed E-state index contributed by atoms with van der Waals surface area (Å²) < 4.78 is 36.1. The van der Waals surface area contributed by atoms with Crippen molar-refractivity contribution in [2.24, 2.45) is 5.92 Å². The standard InChI is InChI=1S/C13H22F3NO2/c1-9(2)17-7-5-10(6-8-17)11(18)3-4-12(19)13(14,15)16/h9-11,18H,3-8H2,1-2H3. The van der Waals surface area contributed by atoms with E-state index in [9.17, 15) is 23.1 Å². The van der Waals surface area contributed by atoms with Gasteiger partial charge in [-0.3, -0.25) is 4.79 Å². The van der Waals surface area contributed by atoms with Crippen molar-refractivity contribution in [1.82, 2.24) is 4.90 Å². The minimum atomic E-state index is -4.78. The molecule has 0 aromatic rings. The highest BCUT2D eigenvalue weighted by molar-refractivity contribution is 5.83. The quantitative estimate of drug-likeness (QED) is 0.841. The Kier molecular flexibility index (Phi) is 5.80. The van der Waals surface area contributed by atoms with Crippen LogP contribution in [-0.2, 0) is 4.79 Å². The van der Waals surface area contributed by atoms with Crippen LogP contribution in [0.1, 0.15) is 39.5 Å². The van der Waals surface area contributed by atoms with Crippen LogP contribution in [0.5, 0.6) is 0 Å². The second kappa shape index (κ2) is 6.70. The van der Waals surface area contributed by atoms with E-state index in [2.05, 4.69) is 18.7 Å². The van der Waals surface area contributed by atoms with Gasteiger partial charge in [0.05, 0.1) is 6.10 Å². The van der Waals surface area contributed by atoms with Crippen LogP contribution in [0, 0.1) is 5.92 Å². The first-order chi connectivity index (χ1) is 8.71. The van der Waals surface area contributed by atoms with Crippen molar-refractivity contribution >= 4 is 5.78 Å². The maximum absolute atomic E-state index is 12.0. The van der Waals surface area contributed by atoms with E-state index in [1.54, 1.807) is 0 Å². The molecule has 0 spiro atoms. The van der Waals surface area contributed by atoms with Gasteiger partial charge in [-0.2, -0.15) is 13.2 Å². The Morgan fingerprint density at radius 2 is 1.84 bits per heavy atom. The smallest absolute Gasteiger partial charge is 0.393 e. The number of piperidine rings is 1. The highest BCUT2D eigenvalue weighted by Crippen LogP contribution is 2.26. The number of aliphatic hydroxyl groups excluding tert-OH is 1. The minimum absolute atomic E-state index is 0.0102. The van der Waals surface area contributed by atoms with Crippen molar-refractivity contribution in [3.8, 4) is 0 Å². The number of halogens is 3. The first-order valence-corrected chi connectivity index (χ1v) is 6.74. The third-order valence-corrected chi connectivity index (χ3v) is 3.83. The second-order valence-electron chi connectivity index (χ2n) is 5.49. The normalized spacial score (nSPS) is 20.8. The number of carbonyl (C=O) groups excluding carboxylic acids is 1. The molecule has 0 bridgehead atoms. The lowest BCUT2D eigenvalue weighted by atomic mass is 9.88. The molecule has 0 saturated carbocycles. The van der Waals surface area contributed by atoms with Crippen LogP contribution >= 0.6 is 0 Å². The zero-order valence-electron chi connectivity index (χ0n) is 11.4. The highest BCUT2D eigenvalue weighted by atomic mass is 19.4. The third-order valence-electron chi connectivity index (χ3n) is 3.83. The van der Waals surface area contributed by atoms with Crippen molar-refractivity contribution in [2.75, 3.05) is 13.1 Å². The molecular weight excluding hydrogens is 259 g/mol. The zero-order chi connectivity index (χ0) is 14.6. The van der Waals surface area contributed by atoms with E-state index in [1.807, 2.05) is 0 Å². The van der Waals surface area contributed by atoms with Crippen LogP contribution in [0.4, 0.5) is 13.2 Å². The summed E-state index contributed by atoms with van der Waals surface area (Å²) in [5, 5.41) is 9.88. The lowest BCUT2D eigenvalue weighted by Crippen LogP contribution is -2.41. The van der Waals surface area contributed by atoms with Gasteiger partial charge >= 0.3 is 6.18 Å². The minimum Gasteiger partial charge on any atom is -0.393 e. The van der Waals surface area contributed by atoms with E-state index in [0.29, 0.717) is 6.04 Å². The molecule has 0 aromatic heterocycles. The largest absolute Gasteiger partial charge is 0.449 e. The number of hydrogen-bond donors (Lipinski definition) is 1. The summed E-state index contributed by atoms with van der Waals surface area (Å²) in [6.07, 6.45) is -4.74. The van der Waals surface area contributed by atoms with Gasteiger partial charge in [0.15, 0.2) is 0 Å². The summed E-state index contributed by atoms with van der Waals surface area (Å²) in [5.74, 6) is -1.73. The lowest BCUT2D eigenvalue weighted by Gasteiger charge is -2.36. The van der Waals surface area contributed by atoms with Crippen molar-refractivity contribution in [1.29, 1.82) is 0 Å². The van der Waals surface area contributed by atoms with Gasteiger partial charge in [0.2, 0.25) is 5.78 Å². The SMILES string of the molecule is CC(C)N1CCC(C(O)CCC(=O)C(F)(F)F)CC1. The Bertz CT molecular complexity index is 297. The fourth-order valence-electron chi connectivity index (χ4n) is 2.48. The fourth-order valence-corrected chi connectivity index (χ4v) is 2.48. The van der Waals surface area contributed by atoms with E-state index in [-0.39, 0.29) is 12.3 Å². The molecular formula is C13H22F3NO2. The molecule has 6 heteroatoms. The maximum Gasteiger partial charge on any atom is 0.449 e. The van der Waals surface area contributed by atoms with Crippen molar-refractivity contribution in [3.05, 3.63) is 0 Å². The molecule has 0 radical (unpaired) electrons. The monoisotopic (exact) mass is 281 g/mol. The van der Waals surface area contributed by atoms with Crippen LogP contribution in [0.15, 0.2) is 0 Å². The Morgan fingerprint density at radius 1 is 1.32 bits per heavy atom. The second-order valence-corrected chi connectivity index (χ2v) is 5.49. The Morgan fingerprint density at radius 3 is 2.26 bits per heavy atom. The first-order valence-electron chi connectivity index (χ1n) is 6.74. The number of nitrogens with zero attached hydrogens (tertiary/aromatic N) is 1. The lowest BCUT2D eigenvalue weighted by molar-refractivity contribution is -0.171. The first kappa shape index (κ1) is 16.4. The molecule has 1 aliphatic rings. The number of aliphatic hydroxyl groups is 1. The predicted molar refractivity (Wildman–Crippen MR) is 65.7 cm³/mol. The van der Waals surface area contributed by atoms with Crippen LogP contribution in [0.2, 0.25) is 0 Å². The number of ketones is 1. The van der Waals surface area contributed by atoms with Gasteiger partial charge in [0, 0.05) is 12.5 Å². The molecule has 112 valence electrons. The summed E-state index contributed by atoms with van der Waals surface area (Å²) in [5.41, 5.74) is 0. The fraction of sp³-hybridized carbons (Fsp3) is 0.923. The van der Waals surface area contributed by atoms with Gasteiger partial charge in [-0.15, -0.1) is 0 Å². The molecule has 0 aromatic carbocycles. The molecule has 1 unspecified atom stereocenters. The number of alkyl halides is 3. The van der Waals surface area contributed by atoms with E-state index < -0.39 is 24.5 Å². The molecule has 1 atom stereocenters. The van der Waals surface area contributed by atoms with Crippen LogP contribution in [0.25, 0.3) is 0 Å². The number of carbonyl (C=O) groups is 1. The third kappa shape index (κ3) is 5.10. The van der Waals surface area contributed by atoms with E-state index >= 15 is 0 Å². The molecule has 1 rings (SSSR count). The van der Waals surface area contributed by atoms with Gasteiger partial charge in [-0.25, -0.2) is 0 Å². The van der Waals surface area contributed by atoms with Gasteiger partial charge in [0.1, 0.15) is 0 Å². The van der Waals surface area contributed by atoms with Crippen molar-refractivity contribution in [3.63, 3.8) is 0 Å². The van der Waals surface area contributed by atoms with Gasteiger partial charge < -0.3 is 10.0 Å². The molecule has 0 aliphatic carbocycles. The number of rotatable bonds is 5. The van der Waals surface area contributed by atoms with Crippen LogP contribution in [0.3, 0.4) is 0 Å². The summed E-state index contributed by atoms with van der Waals surface area (Å²) in [7, 11) is 0. The van der Waals surface area contributed by atoms with Crippen molar-refractivity contribution in [2.45, 2.75) is 57.9 Å². The molecule has 19 heavy (non-hydrogen) atoms. The van der Waals surface area contributed by atoms with Crippen molar-refractivity contribution < 1.29 is 23.1 Å².